The molecule has 0 spiro atoms. The maximum Gasteiger partial charge on any atom is 0.326 e. The lowest BCUT2D eigenvalue weighted by molar-refractivity contribution is -0.140. The number of hydrogen-bond acceptors (Lipinski definition) is 3. The molecule has 0 bridgehead atoms. The van der Waals surface area contributed by atoms with Crippen molar-refractivity contribution >= 4 is 39.8 Å². The number of carbonyl (C=O) groups is 2. The smallest absolute Gasteiger partial charge is 0.326 e. The number of halogens is 1. The molecule has 0 aliphatic rings. The maximum atomic E-state index is 11.5. The van der Waals surface area contributed by atoms with Crippen molar-refractivity contribution in [2.75, 3.05) is 0 Å². The van der Waals surface area contributed by atoms with Crippen LogP contribution < -0.4 is 0 Å². The van der Waals surface area contributed by atoms with Crippen LogP contribution >= 0.6 is 11.6 Å². The predicted molar refractivity (Wildman–Crippen MR) is 88.1 cm³/mol. The van der Waals surface area contributed by atoms with E-state index >= 15 is 0 Å². The zero-order valence-electron chi connectivity index (χ0n) is 12.7. The van der Waals surface area contributed by atoms with Gasteiger partial charge < -0.3 is 9.67 Å². The fourth-order valence-corrected chi connectivity index (χ4v) is 2.64. The summed E-state index contributed by atoms with van der Waals surface area (Å²) >= 11 is 5.39. The summed E-state index contributed by atoms with van der Waals surface area (Å²) in [6, 6.07) is 6.65. The van der Waals surface area contributed by atoms with E-state index in [0.717, 1.165) is 16.5 Å². The van der Waals surface area contributed by atoms with Crippen LogP contribution in [-0.2, 0) is 9.59 Å². The Balaban J connectivity index is 2.76. The summed E-state index contributed by atoms with van der Waals surface area (Å²) in [4.78, 5) is 22.7. The van der Waals surface area contributed by atoms with Gasteiger partial charge in [0.2, 0.25) is 0 Å². The van der Waals surface area contributed by atoms with Crippen LogP contribution in [0.2, 0.25) is 0 Å². The molecule has 5 nitrogen and oxygen atoms in total. The topological polar surface area (TPSA) is 83.1 Å². The number of aliphatic carboxylic acids is 1. The van der Waals surface area contributed by atoms with Gasteiger partial charge in [0, 0.05) is 22.7 Å². The average molecular weight is 331 g/mol. The largest absolute Gasteiger partial charge is 0.480 e. The van der Waals surface area contributed by atoms with E-state index in [1.165, 1.54) is 6.08 Å². The highest BCUT2D eigenvalue weighted by Gasteiger charge is 2.21. The van der Waals surface area contributed by atoms with Gasteiger partial charge >= 0.3 is 5.97 Å². The van der Waals surface area contributed by atoms with Crippen molar-refractivity contribution < 1.29 is 14.7 Å². The molecular weight excluding hydrogens is 316 g/mol. The number of rotatable bonds is 5. The Kier molecular flexibility index (Phi) is 4.87. The third kappa shape index (κ3) is 3.27. The van der Waals surface area contributed by atoms with Gasteiger partial charge in [-0.1, -0.05) is 18.6 Å². The number of hydrogen-bond donors (Lipinski definition) is 1. The van der Waals surface area contributed by atoms with Gasteiger partial charge in [-0.05, 0) is 43.2 Å². The minimum atomic E-state index is -0.936. The molecule has 0 saturated carbocycles. The molecule has 1 aromatic carbocycles. The average Bonchev–Trinajstić information content (AvgIpc) is 2.82. The summed E-state index contributed by atoms with van der Waals surface area (Å²) in [6.45, 7) is 3.70. The molecule has 1 atom stereocenters. The van der Waals surface area contributed by atoms with Gasteiger partial charge in [-0.3, -0.25) is 4.79 Å². The van der Waals surface area contributed by atoms with E-state index in [4.69, 9.17) is 16.9 Å². The maximum absolute atomic E-state index is 11.5. The SMILES string of the molecule is CCC(C(=O)O)n1cc(C=C(C#N)C(=O)Cl)c2cc(C)ccc21. The van der Waals surface area contributed by atoms with Gasteiger partial charge in [0.1, 0.15) is 17.7 Å². The molecule has 6 heteroatoms. The van der Waals surface area contributed by atoms with Gasteiger partial charge in [0.15, 0.2) is 0 Å². The van der Waals surface area contributed by atoms with Crippen molar-refractivity contribution in [1.82, 2.24) is 4.57 Å². The minimum absolute atomic E-state index is 0.185. The first-order valence-corrected chi connectivity index (χ1v) is 7.42. The first kappa shape index (κ1) is 16.8. The Morgan fingerprint density at radius 1 is 1.48 bits per heavy atom. The van der Waals surface area contributed by atoms with Gasteiger partial charge in [0.05, 0.1) is 0 Å². The van der Waals surface area contributed by atoms with Crippen LogP contribution in [0.5, 0.6) is 0 Å². The van der Waals surface area contributed by atoms with Crippen molar-refractivity contribution in [3.8, 4) is 6.07 Å². The fraction of sp³-hybridized carbons (Fsp3) is 0.235. The summed E-state index contributed by atoms with van der Waals surface area (Å²) in [7, 11) is 0. The van der Waals surface area contributed by atoms with Crippen LogP contribution in [-0.4, -0.2) is 20.9 Å². The number of nitrogens with zero attached hydrogens (tertiary/aromatic N) is 2. The van der Waals surface area contributed by atoms with Gasteiger partial charge in [0.25, 0.3) is 5.24 Å². The molecule has 0 saturated heterocycles. The number of aryl methyl sites for hydroxylation is 1. The third-order valence-corrected chi connectivity index (χ3v) is 3.86. The molecule has 0 radical (unpaired) electrons. The molecule has 1 N–H and O–H groups in total. The van der Waals surface area contributed by atoms with Crippen molar-refractivity contribution in [3.05, 3.63) is 41.1 Å². The van der Waals surface area contributed by atoms with Crippen LogP contribution in [0.3, 0.4) is 0 Å². The van der Waals surface area contributed by atoms with Gasteiger partial charge in [-0.25, -0.2) is 4.79 Å². The molecule has 0 aliphatic carbocycles. The van der Waals surface area contributed by atoms with E-state index in [0.29, 0.717) is 12.0 Å². The number of allylic oxidation sites excluding steroid dienone is 1. The second-order valence-electron chi connectivity index (χ2n) is 5.22. The highest BCUT2D eigenvalue weighted by molar-refractivity contribution is 6.68. The van der Waals surface area contributed by atoms with Crippen molar-refractivity contribution in [1.29, 1.82) is 5.26 Å². The molecule has 2 rings (SSSR count). The molecule has 0 amide bonds. The first-order chi connectivity index (χ1) is 10.9. The van der Waals surface area contributed by atoms with Crippen molar-refractivity contribution in [2.24, 2.45) is 0 Å². The second kappa shape index (κ2) is 6.67. The van der Waals surface area contributed by atoms with Crippen molar-refractivity contribution in [2.45, 2.75) is 26.3 Å². The Morgan fingerprint density at radius 2 is 2.17 bits per heavy atom. The van der Waals surface area contributed by atoms with Crippen LogP contribution in [0.1, 0.15) is 30.5 Å². The number of carbonyl (C=O) groups excluding carboxylic acids is 1. The number of carboxylic acid groups (broad SMARTS) is 1. The van der Waals surface area contributed by atoms with E-state index in [1.807, 2.05) is 25.1 Å². The standard InChI is InChI=1S/C17H15ClN2O3/c1-3-14(17(22)23)20-9-12(7-11(8-19)16(18)21)13-6-10(2)4-5-15(13)20/h4-7,9,14H,3H2,1-2H3,(H,22,23). The summed E-state index contributed by atoms with van der Waals surface area (Å²) in [5.41, 5.74) is 2.13. The number of benzene rings is 1. The third-order valence-electron chi connectivity index (χ3n) is 3.66. The highest BCUT2D eigenvalue weighted by atomic mass is 35.5. The molecule has 1 heterocycles. The summed E-state index contributed by atoms with van der Waals surface area (Å²) < 4.78 is 1.65. The molecule has 0 fully saturated rings. The zero-order valence-corrected chi connectivity index (χ0v) is 13.5. The molecule has 2 aromatic rings. The van der Waals surface area contributed by atoms with E-state index in [9.17, 15) is 14.7 Å². The van der Waals surface area contributed by atoms with Gasteiger partial charge in [-0.2, -0.15) is 5.26 Å². The van der Waals surface area contributed by atoms with Crippen LogP contribution in [0.25, 0.3) is 17.0 Å². The predicted octanol–water partition coefficient (Wildman–Crippen LogP) is 3.66. The number of nitriles is 1. The molecule has 118 valence electrons. The Morgan fingerprint density at radius 3 is 2.70 bits per heavy atom. The molecular formula is C17H15ClN2O3. The van der Waals surface area contributed by atoms with E-state index in [2.05, 4.69) is 0 Å². The quantitative estimate of drug-likeness (QED) is 0.515. The lowest BCUT2D eigenvalue weighted by atomic mass is 10.1. The lowest BCUT2D eigenvalue weighted by Crippen LogP contribution is -2.17. The number of aromatic nitrogens is 1. The molecule has 1 aromatic heterocycles. The number of carboxylic acids is 1. The lowest BCUT2D eigenvalue weighted by Gasteiger charge is -2.13. The first-order valence-electron chi connectivity index (χ1n) is 7.04. The summed E-state index contributed by atoms with van der Waals surface area (Å²) in [5, 5.41) is 18.3. The molecule has 1 unspecified atom stereocenters. The van der Waals surface area contributed by atoms with Crippen molar-refractivity contribution in [3.63, 3.8) is 0 Å². The summed E-state index contributed by atoms with van der Waals surface area (Å²) in [6.07, 6.45) is 3.45. The fourth-order valence-electron chi connectivity index (χ4n) is 2.55. The molecule has 0 aliphatic heterocycles. The van der Waals surface area contributed by atoms with E-state index < -0.39 is 17.3 Å². The Hall–Kier alpha value is -2.58. The Bertz CT molecular complexity index is 859. The highest BCUT2D eigenvalue weighted by Crippen LogP contribution is 2.29. The molecule has 23 heavy (non-hydrogen) atoms. The van der Waals surface area contributed by atoms with Crippen LogP contribution in [0.4, 0.5) is 0 Å². The van der Waals surface area contributed by atoms with E-state index in [-0.39, 0.29) is 5.57 Å². The van der Waals surface area contributed by atoms with Crippen LogP contribution in [0, 0.1) is 18.3 Å². The number of fused-ring (bicyclic) bond motifs is 1. The minimum Gasteiger partial charge on any atom is -0.480 e. The second-order valence-corrected chi connectivity index (χ2v) is 5.56. The normalized spacial score (nSPS) is 12.9. The summed E-state index contributed by atoms with van der Waals surface area (Å²) in [5.74, 6) is -0.936. The monoisotopic (exact) mass is 330 g/mol. The zero-order chi connectivity index (χ0) is 17.1. The van der Waals surface area contributed by atoms with Gasteiger partial charge in [-0.15, -0.1) is 0 Å². The van der Waals surface area contributed by atoms with Crippen LogP contribution in [0.15, 0.2) is 30.0 Å². The Labute approximate surface area is 138 Å². The van der Waals surface area contributed by atoms with E-state index in [1.54, 1.807) is 23.8 Å².